The normalized spacial score (nSPS) is 16.0. The van der Waals surface area contributed by atoms with E-state index in [1.807, 2.05) is 0 Å². The molecule has 26 heavy (non-hydrogen) atoms. The minimum absolute atomic E-state index is 0.184. The number of piperidine rings is 1. The van der Waals surface area contributed by atoms with Crippen LogP contribution in [0.3, 0.4) is 0 Å². The summed E-state index contributed by atoms with van der Waals surface area (Å²) in [5.74, 6) is 0.693. The van der Waals surface area contributed by atoms with E-state index in [0.29, 0.717) is 38.3 Å². The number of amides is 1. The molecule has 0 aliphatic carbocycles. The second-order valence-corrected chi connectivity index (χ2v) is 7.91. The van der Waals surface area contributed by atoms with E-state index in [0.717, 1.165) is 0 Å². The second-order valence-electron chi connectivity index (χ2n) is 6.20. The first-order valence-electron chi connectivity index (χ1n) is 8.44. The molecule has 2 aromatic rings. The second kappa shape index (κ2) is 8.03. The number of carbonyl (C=O) groups is 1. The number of hydrogen-bond acceptors (Lipinski definition) is 5. The zero-order valence-electron chi connectivity index (χ0n) is 14.6. The van der Waals surface area contributed by atoms with E-state index < -0.39 is 10.0 Å². The van der Waals surface area contributed by atoms with Crippen LogP contribution in [0, 0.1) is 0 Å². The molecule has 7 nitrogen and oxygen atoms in total. The highest BCUT2D eigenvalue weighted by atomic mass is 32.2. The van der Waals surface area contributed by atoms with Crippen LogP contribution in [0.4, 0.5) is 0 Å². The van der Waals surface area contributed by atoms with E-state index in [9.17, 15) is 13.2 Å². The summed E-state index contributed by atoms with van der Waals surface area (Å²) in [5.41, 5.74) is 0. The maximum absolute atomic E-state index is 12.5. The van der Waals surface area contributed by atoms with Gasteiger partial charge in [0.2, 0.25) is 10.0 Å². The van der Waals surface area contributed by atoms with Crippen LogP contribution >= 0.6 is 0 Å². The molecule has 0 atom stereocenters. The lowest BCUT2D eigenvalue weighted by molar-refractivity contribution is 0.0671. The lowest BCUT2D eigenvalue weighted by Crippen LogP contribution is -2.46. The highest BCUT2D eigenvalue weighted by Crippen LogP contribution is 2.18. The first kappa shape index (κ1) is 18.6. The average Bonchev–Trinajstić information content (AvgIpc) is 3.11. The van der Waals surface area contributed by atoms with E-state index in [-0.39, 0.29) is 22.6 Å². The van der Waals surface area contributed by atoms with Crippen LogP contribution in [0.1, 0.15) is 29.2 Å². The molecule has 2 heterocycles. The van der Waals surface area contributed by atoms with Gasteiger partial charge in [-0.1, -0.05) is 18.2 Å². The third kappa shape index (κ3) is 4.32. The molecule has 1 fully saturated rings. The zero-order chi connectivity index (χ0) is 18.6. The van der Waals surface area contributed by atoms with E-state index in [1.165, 1.54) is 0 Å². The first-order chi connectivity index (χ1) is 12.5. The summed E-state index contributed by atoms with van der Waals surface area (Å²) in [5, 5.41) is 0. The summed E-state index contributed by atoms with van der Waals surface area (Å²) in [6.07, 6.45) is 1.12. The van der Waals surface area contributed by atoms with Gasteiger partial charge in [-0.15, -0.1) is 0 Å². The van der Waals surface area contributed by atoms with Crippen LogP contribution < -0.4 is 4.72 Å². The maximum Gasteiger partial charge on any atom is 0.289 e. The maximum atomic E-state index is 12.5. The van der Waals surface area contributed by atoms with Crippen LogP contribution in [0.15, 0.2) is 51.8 Å². The number of hydrogen-bond donors (Lipinski definition) is 1. The van der Waals surface area contributed by atoms with Crippen molar-refractivity contribution in [3.8, 4) is 0 Å². The number of methoxy groups -OCH3 is 1. The van der Waals surface area contributed by atoms with Gasteiger partial charge in [-0.05, 0) is 37.1 Å². The molecule has 0 bridgehead atoms. The molecule has 0 saturated carbocycles. The third-order valence-electron chi connectivity index (χ3n) is 4.32. The van der Waals surface area contributed by atoms with E-state index >= 15 is 0 Å². The van der Waals surface area contributed by atoms with Gasteiger partial charge in [0, 0.05) is 26.2 Å². The van der Waals surface area contributed by atoms with Gasteiger partial charge < -0.3 is 14.1 Å². The fourth-order valence-electron chi connectivity index (χ4n) is 2.96. The fraction of sp³-hybridized carbons (Fsp3) is 0.389. The number of nitrogens with one attached hydrogen (secondary N) is 1. The Balaban J connectivity index is 1.56. The summed E-state index contributed by atoms with van der Waals surface area (Å²) in [4.78, 5) is 14.4. The Kier molecular flexibility index (Phi) is 5.75. The van der Waals surface area contributed by atoms with Gasteiger partial charge >= 0.3 is 0 Å². The lowest BCUT2D eigenvalue weighted by Gasteiger charge is -2.31. The molecule has 0 radical (unpaired) electrons. The minimum Gasteiger partial charge on any atom is -0.453 e. The van der Waals surface area contributed by atoms with Crippen molar-refractivity contribution in [1.82, 2.24) is 9.62 Å². The highest BCUT2D eigenvalue weighted by molar-refractivity contribution is 7.89. The molecule has 0 unspecified atom stereocenters. The molecular formula is C18H22N2O5S. The molecule has 8 heteroatoms. The predicted molar refractivity (Wildman–Crippen MR) is 95.1 cm³/mol. The fourth-order valence-corrected chi connectivity index (χ4v) is 4.28. The van der Waals surface area contributed by atoms with Gasteiger partial charge in [0.15, 0.2) is 5.76 Å². The van der Waals surface area contributed by atoms with Crippen molar-refractivity contribution in [3.63, 3.8) is 0 Å². The standard InChI is InChI=1S/C18H22N2O5S/c1-24-13-15-7-8-17(25-15)18(21)20-11-9-14(10-12-20)19-26(22,23)16-5-3-2-4-6-16/h2-8,14,19H,9-13H2,1H3. The first-order valence-corrected chi connectivity index (χ1v) is 9.92. The SMILES string of the molecule is COCc1ccc(C(=O)N2CCC(NS(=O)(=O)c3ccccc3)CC2)o1. The van der Waals surface area contributed by atoms with Crippen molar-refractivity contribution in [2.75, 3.05) is 20.2 Å². The molecule has 0 spiro atoms. The Morgan fingerprint density at radius 3 is 2.54 bits per heavy atom. The van der Waals surface area contributed by atoms with E-state index in [1.54, 1.807) is 54.5 Å². The van der Waals surface area contributed by atoms with Crippen LogP contribution in [-0.2, 0) is 21.4 Å². The Hall–Kier alpha value is -2.16. The van der Waals surface area contributed by atoms with Crippen LogP contribution in [0.2, 0.25) is 0 Å². The van der Waals surface area contributed by atoms with Crippen molar-refractivity contribution in [2.45, 2.75) is 30.4 Å². The average molecular weight is 378 g/mol. The summed E-state index contributed by atoms with van der Waals surface area (Å²) < 4.78 is 37.9. The summed E-state index contributed by atoms with van der Waals surface area (Å²) in [7, 11) is -1.98. The summed E-state index contributed by atoms with van der Waals surface area (Å²) >= 11 is 0. The number of sulfonamides is 1. The number of ether oxygens (including phenoxy) is 1. The number of nitrogens with zero attached hydrogens (tertiary/aromatic N) is 1. The Morgan fingerprint density at radius 1 is 1.19 bits per heavy atom. The third-order valence-corrected chi connectivity index (χ3v) is 5.85. The van der Waals surface area contributed by atoms with Crippen LogP contribution in [0.25, 0.3) is 0 Å². The zero-order valence-corrected chi connectivity index (χ0v) is 15.4. The quantitative estimate of drug-likeness (QED) is 0.831. The molecular weight excluding hydrogens is 356 g/mol. The van der Waals surface area contributed by atoms with Crippen molar-refractivity contribution < 1.29 is 22.4 Å². The Morgan fingerprint density at radius 2 is 1.88 bits per heavy atom. The van der Waals surface area contributed by atoms with Gasteiger partial charge in [0.05, 0.1) is 4.90 Å². The lowest BCUT2D eigenvalue weighted by atomic mass is 10.1. The Labute approximate surface area is 153 Å². The summed E-state index contributed by atoms with van der Waals surface area (Å²) in [6, 6.07) is 11.5. The molecule has 1 aliphatic rings. The summed E-state index contributed by atoms with van der Waals surface area (Å²) in [6.45, 7) is 1.26. The highest BCUT2D eigenvalue weighted by Gasteiger charge is 2.28. The van der Waals surface area contributed by atoms with E-state index in [2.05, 4.69) is 4.72 Å². The molecule has 1 saturated heterocycles. The topological polar surface area (TPSA) is 88.9 Å². The molecule has 140 valence electrons. The minimum atomic E-state index is -3.54. The number of benzene rings is 1. The molecule has 1 aromatic carbocycles. The molecule has 3 rings (SSSR count). The molecule has 1 aromatic heterocycles. The smallest absolute Gasteiger partial charge is 0.289 e. The monoisotopic (exact) mass is 378 g/mol. The number of rotatable bonds is 6. The predicted octanol–water partition coefficient (Wildman–Crippen LogP) is 2.01. The van der Waals surface area contributed by atoms with E-state index in [4.69, 9.17) is 9.15 Å². The van der Waals surface area contributed by atoms with Crippen molar-refractivity contribution >= 4 is 15.9 Å². The van der Waals surface area contributed by atoms with Crippen molar-refractivity contribution in [1.29, 1.82) is 0 Å². The molecule has 1 aliphatic heterocycles. The van der Waals surface area contributed by atoms with Gasteiger partial charge in [-0.3, -0.25) is 4.79 Å². The largest absolute Gasteiger partial charge is 0.453 e. The molecule has 1 amide bonds. The number of carbonyl (C=O) groups excluding carboxylic acids is 1. The van der Waals surface area contributed by atoms with Crippen molar-refractivity contribution in [2.24, 2.45) is 0 Å². The van der Waals surface area contributed by atoms with Gasteiger partial charge in [-0.2, -0.15) is 0 Å². The number of furan rings is 1. The molecule has 1 N–H and O–H groups in total. The van der Waals surface area contributed by atoms with Crippen LogP contribution in [-0.4, -0.2) is 45.5 Å². The van der Waals surface area contributed by atoms with Gasteiger partial charge in [0.1, 0.15) is 12.4 Å². The van der Waals surface area contributed by atoms with Crippen molar-refractivity contribution in [3.05, 3.63) is 54.0 Å². The van der Waals surface area contributed by atoms with Crippen LogP contribution in [0.5, 0.6) is 0 Å². The Bertz CT molecular complexity index is 839. The number of likely N-dealkylation sites (tertiary alicyclic amines) is 1. The van der Waals surface area contributed by atoms with Gasteiger partial charge in [-0.25, -0.2) is 13.1 Å². The van der Waals surface area contributed by atoms with Gasteiger partial charge in [0.25, 0.3) is 5.91 Å².